The van der Waals surface area contributed by atoms with E-state index in [1.165, 1.54) is 18.2 Å². The first kappa shape index (κ1) is 15.5. The number of carbonyl (C=O) groups is 1. The van der Waals surface area contributed by atoms with Gasteiger partial charge in [-0.05, 0) is 17.7 Å². The number of carboxylic acid groups (broad SMARTS) is 1. The van der Waals surface area contributed by atoms with Crippen LogP contribution in [0.25, 0.3) is 0 Å². The third-order valence-electron chi connectivity index (χ3n) is 3.16. The maximum Gasteiger partial charge on any atom is 0.353 e. The average Bonchev–Trinajstić information content (AvgIpc) is 2.52. The fourth-order valence-electron chi connectivity index (χ4n) is 2.02. The molecule has 0 aliphatic heterocycles. The summed E-state index contributed by atoms with van der Waals surface area (Å²) in [7, 11) is 0. The molecule has 0 atom stereocenters. The number of carboxylic acids is 1. The van der Waals surface area contributed by atoms with Crippen LogP contribution in [0.2, 0.25) is 0 Å². The van der Waals surface area contributed by atoms with E-state index in [9.17, 15) is 9.18 Å². The zero-order chi connectivity index (χ0) is 16.1. The molecule has 0 aliphatic rings. The van der Waals surface area contributed by atoms with Crippen molar-refractivity contribution in [3.63, 3.8) is 0 Å². The highest BCUT2D eigenvalue weighted by Crippen LogP contribution is 2.22. The van der Waals surface area contributed by atoms with Crippen molar-refractivity contribution in [2.75, 3.05) is 5.01 Å². The van der Waals surface area contributed by atoms with E-state index in [0.717, 1.165) is 10.6 Å². The quantitative estimate of drug-likeness (QED) is 0.446. The molecule has 5 nitrogen and oxygen atoms in total. The summed E-state index contributed by atoms with van der Waals surface area (Å²) in [6.07, 6.45) is 0.170. The molecule has 6 heteroatoms. The Bertz CT molecular complexity index is 702. The van der Waals surface area contributed by atoms with Gasteiger partial charge in [-0.2, -0.15) is 0 Å². The summed E-state index contributed by atoms with van der Waals surface area (Å²) in [6, 6.07) is 14.9. The second-order valence-electron chi connectivity index (χ2n) is 4.65. The minimum absolute atomic E-state index is 0.0534. The predicted octanol–water partition coefficient (Wildman–Crippen LogP) is 2.00. The van der Waals surface area contributed by atoms with E-state index in [0.29, 0.717) is 0 Å². The van der Waals surface area contributed by atoms with E-state index < -0.39 is 17.5 Å². The summed E-state index contributed by atoms with van der Waals surface area (Å²) in [5.74, 6) is 4.05. The highest BCUT2D eigenvalue weighted by atomic mass is 19.1. The number of hydrogen-bond donors (Lipinski definition) is 3. The van der Waals surface area contributed by atoms with Gasteiger partial charge in [0.2, 0.25) is 0 Å². The van der Waals surface area contributed by atoms with Crippen molar-refractivity contribution in [2.45, 2.75) is 6.42 Å². The average molecular weight is 301 g/mol. The van der Waals surface area contributed by atoms with Gasteiger partial charge in [0.25, 0.3) is 0 Å². The van der Waals surface area contributed by atoms with Gasteiger partial charge in [0.05, 0.1) is 11.4 Å². The zero-order valence-corrected chi connectivity index (χ0v) is 11.7. The van der Waals surface area contributed by atoms with Gasteiger partial charge in [0.15, 0.2) is 0 Å². The zero-order valence-electron chi connectivity index (χ0n) is 11.7. The van der Waals surface area contributed by atoms with E-state index in [4.69, 9.17) is 16.7 Å². The third-order valence-corrected chi connectivity index (χ3v) is 3.16. The molecule has 0 radical (unpaired) electrons. The molecule has 0 unspecified atom stereocenters. The Morgan fingerprint density at radius 1 is 1.09 bits per heavy atom. The van der Waals surface area contributed by atoms with Gasteiger partial charge in [-0.25, -0.2) is 15.0 Å². The van der Waals surface area contributed by atoms with Crippen molar-refractivity contribution in [1.82, 2.24) is 0 Å². The molecule has 2 rings (SSSR count). The molecule has 22 heavy (non-hydrogen) atoms. The van der Waals surface area contributed by atoms with Crippen LogP contribution in [-0.2, 0) is 11.2 Å². The van der Waals surface area contributed by atoms with Gasteiger partial charge in [0, 0.05) is 6.42 Å². The molecule has 0 amide bonds. The number of rotatable bonds is 5. The molecule has 0 bridgehead atoms. The standard InChI is InChI=1S/C16H16FN3O2/c17-12-8-4-5-9-13(12)20(19)14(15(18)16(21)22)10-11-6-2-1-3-7-11/h1-9H,10,18-19H2,(H,21,22). The van der Waals surface area contributed by atoms with Gasteiger partial charge in [-0.15, -0.1) is 0 Å². The van der Waals surface area contributed by atoms with Gasteiger partial charge in [0.1, 0.15) is 11.5 Å². The molecule has 0 spiro atoms. The Morgan fingerprint density at radius 3 is 2.27 bits per heavy atom. The van der Waals surface area contributed by atoms with E-state index >= 15 is 0 Å². The van der Waals surface area contributed by atoms with E-state index in [-0.39, 0.29) is 17.8 Å². The predicted molar refractivity (Wildman–Crippen MR) is 82.1 cm³/mol. The smallest absolute Gasteiger partial charge is 0.353 e. The maximum atomic E-state index is 13.9. The molecule has 0 heterocycles. The fraction of sp³-hybridized carbons (Fsp3) is 0.0625. The van der Waals surface area contributed by atoms with Crippen LogP contribution in [0.3, 0.4) is 0 Å². The molecule has 0 fully saturated rings. The van der Waals surface area contributed by atoms with Gasteiger partial charge in [-0.1, -0.05) is 42.5 Å². The van der Waals surface area contributed by atoms with Crippen LogP contribution in [0.15, 0.2) is 66.0 Å². The topological polar surface area (TPSA) is 92.6 Å². The minimum Gasteiger partial charge on any atom is -0.477 e. The van der Waals surface area contributed by atoms with Crippen LogP contribution in [0.5, 0.6) is 0 Å². The SMILES string of the molecule is NC(C(=O)O)=C(Cc1ccccc1)N(N)c1ccccc1F. The summed E-state index contributed by atoms with van der Waals surface area (Å²) in [6.45, 7) is 0. The first-order valence-corrected chi connectivity index (χ1v) is 6.56. The van der Waals surface area contributed by atoms with Crippen molar-refractivity contribution < 1.29 is 14.3 Å². The lowest BCUT2D eigenvalue weighted by atomic mass is 10.1. The first-order valence-electron chi connectivity index (χ1n) is 6.56. The van der Waals surface area contributed by atoms with Crippen molar-refractivity contribution >= 4 is 11.7 Å². The first-order chi connectivity index (χ1) is 10.5. The summed E-state index contributed by atoms with van der Waals surface area (Å²) >= 11 is 0. The Kier molecular flexibility index (Phi) is 4.75. The lowest BCUT2D eigenvalue weighted by Gasteiger charge is -2.23. The molecule has 5 N–H and O–H groups in total. The number of nitrogens with two attached hydrogens (primary N) is 2. The largest absolute Gasteiger partial charge is 0.477 e. The second-order valence-corrected chi connectivity index (χ2v) is 4.65. The lowest BCUT2D eigenvalue weighted by molar-refractivity contribution is -0.132. The number of benzene rings is 2. The Morgan fingerprint density at radius 2 is 1.68 bits per heavy atom. The van der Waals surface area contributed by atoms with E-state index in [1.54, 1.807) is 6.07 Å². The fourth-order valence-corrected chi connectivity index (χ4v) is 2.02. The number of hydrazine groups is 1. The van der Waals surface area contributed by atoms with E-state index in [2.05, 4.69) is 0 Å². The number of para-hydroxylation sites is 1. The molecular weight excluding hydrogens is 285 g/mol. The van der Waals surface area contributed by atoms with Crippen molar-refractivity contribution in [3.8, 4) is 0 Å². The summed E-state index contributed by atoms with van der Waals surface area (Å²) in [4.78, 5) is 11.2. The van der Waals surface area contributed by atoms with Crippen molar-refractivity contribution in [1.29, 1.82) is 0 Å². The Labute approximate surface area is 127 Å². The highest BCUT2D eigenvalue weighted by Gasteiger charge is 2.19. The summed E-state index contributed by atoms with van der Waals surface area (Å²) in [5.41, 5.74) is 6.19. The second kappa shape index (κ2) is 6.73. The van der Waals surface area contributed by atoms with Gasteiger partial charge in [-0.3, -0.25) is 5.01 Å². The third kappa shape index (κ3) is 3.42. The Hall–Kier alpha value is -2.86. The van der Waals surface area contributed by atoms with Crippen molar-refractivity contribution in [3.05, 3.63) is 77.4 Å². The number of allylic oxidation sites excluding steroid dienone is 1. The number of halogens is 1. The number of aliphatic carboxylic acids is 1. The highest BCUT2D eigenvalue weighted by molar-refractivity contribution is 5.87. The van der Waals surface area contributed by atoms with Crippen LogP contribution < -0.4 is 16.6 Å². The van der Waals surface area contributed by atoms with Crippen LogP contribution in [0.4, 0.5) is 10.1 Å². The van der Waals surface area contributed by atoms with Crippen LogP contribution in [0.1, 0.15) is 5.56 Å². The molecule has 0 aliphatic carbocycles. The lowest BCUT2D eigenvalue weighted by Crippen LogP contribution is -2.35. The monoisotopic (exact) mass is 301 g/mol. The molecule has 0 saturated carbocycles. The molecule has 2 aromatic carbocycles. The maximum absolute atomic E-state index is 13.9. The number of hydrogen-bond acceptors (Lipinski definition) is 4. The molecule has 114 valence electrons. The van der Waals surface area contributed by atoms with Crippen LogP contribution in [0, 0.1) is 5.82 Å². The summed E-state index contributed by atoms with van der Waals surface area (Å²) in [5, 5.41) is 10.1. The minimum atomic E-state index is -1.31. The molecule has 2 aromatic rings. The van der Waals surface area contributed by atoms with Crippen LogP contribution in [-0.4, -0.2) is 11.1 Å². The molecule has 0 saturated heterocycles. The van der Waals surface area contributed by atoms with Crippen molar-refractivity contribution in [2.24, 2.45) is 11.6 Å². The van der Waals surface area contributed by atoms with E-state index in [1.807, 2.05) is 30.3 Å². The summed E-state index contributed by atoms with van der Waals surface area (Å²) < 4.78 is 13.9. The normalized spacial score (nSPS) is 11.7. The van der Waals surface area contributed by atoms with Crippen LogP contribution >= 0.6 is 0 Å². The molecule has 0 aromatic heterocycles. The number of nitrogens with zero attached hydrogens (tertiary/aromatic N) is 1. The van der Waals surface area contributed by atoms with Gasteiger partial charge >= 0.3 is 5.97 Å². The van der Waals surface area contributed by atoms with Gasteiger partial charge < -0.3 is 10.8 Å². The molecular formula is C16H16FN3O2. The Balaban J connectivity index is 2.44. The number of anilines is 1.